The Morgan fingerprint density at radius 3 is 2.46 bits per heavy atom. The lowest BCUT2D eigenvalue weighted by Gasteiger charge is -2.27. The van der Waals surface area contributed by atoms with E-state index in [1.54, 1.807) is 0 Å². The molecule has 28 heavy (non-hydrogen) atoms. The fraction of sp³-hybridized carbons (Fsp3) is 0.333. The number of amides is 2. The van der Waals surface area contributed by atoms with E-state index in [0.29, 0.717) is 17.8 Å². The number of imide groups is 1. The summed E-state index contributed by atoms with van der Waals surface area (Å²) >= 11 is 1.47. The maximum Gasteiger partial charge on any atom is 0.278 e. The summed E-state index contributed by atoms with van der Waals surface area (Å²) in [6.45, 7) is 4.58. The van der Waals surface area contributed by atoms with Crippen LogP contribution < -0.4 is 5.32 Å². The van der Waals surface area contributed by atoms with E-state index in [9.17, 15) is 9.59 Å². The molecule has 0 saturated carbocycles. The van der Waals surface area contributed by atoms with Gasteiger partial charge in [-0.05, 0) is 30.0 Å². The lowest BCUT2D eigenvalue weighted by Crippen LogP contribution is -2.39. The third-order valence-corrected chi connectivity index (χ3v) is 5.83. The molecule has 146 valence electrons. The van der Waals surface area contributed by atoms with Crippen LogP contribution in [0, 0.1) is 0 Å². The van der Waals surface area contributed by atoms with Crippen LogP contribution >= 0.6 is 11.3 Å². The Bertz CT molecular complexity index is 858. The number of nitrogens with one attached hydrogen (secondary N) is 1. The van der Waals surface area contributed by atoms with E-state index < -0.39 is 0 Å². The zero-order valence-electron chi connectivity index (χ0n) is 15.6. The molecule has 0 atom stereocenters. The van der Waals surface area contributed by atoms with Gasteiger partial charge >= 0.3 is 0 Å². The van der Waals surface area contributed by atoms with Crippen molar-refractivity contribution >= 4 is 34.4 Å². The summed E-state index contributed by atoms with van der Waals surface area (Å²) in [7, 11) is 0. The molecular weight excluding hydrogens is 374 g/mol. The van der Waals surface area contributed by atoms with Crippen molar-refractivity contribution in [1.82, 2.24) is 9.80 Å². The number of rotatable bonds is 7. The van der Waals surface area contributed by atoms with Crippen molar-refractivity contribution in [2.45, 2.75) is 6.42 Å². The van der Waals surface area contributed by atoms with Crippen molar-refractivity contribution in [2.24, 2.45) is 0 Å². The van der Waals surface area contributed by atoms with Gasteiger partial charge in [0.05, 0.1) is 18.8 Å². The zero-order chi connectivity index (χ0) is 19.3. The molecule has 7 heteroatoms. The van der Waals surface area contributed by atoms with Crippen molar-refractivity contribution in [3.63, 3.8) is 0 Å². The van der Waals surface area contributed by atoms with E-state index >= 15 is 0 Å². The maximum absolute atomic E-state index is 13.1. The van der Waals surface area contributed by atoms with Gasteiger partial charge in [0.25, 0.3) is 11.8 Å². The average molecular weight is 398 g/mol. The number of ether oxygens (including phenoxy) is 1. The molecule has 1 aromatic carbocycles. The Kier molecular flexibility index (Phi) is 5.85. The number of nitrogens with zero attached hydrogens (tertiary/aromatic N) is 2. The minimum atomic E-state index is -0.251. The van der Waals surface area contributed by atoms with Crippen LogP contribution in [0.15, 0.2) is 53.5 Å². The molecule has 4 rings (SSSR count). The van der Waals surface area contributed by atoms with Gasteiger partial charge < -0.3 is 10.1 Å². The fourth-order valence-corrected chi connectivity index (χ4v) is 4.26. The first-order valence-corrected chi connectivity index (χ1v) is 10.4. The quantitative estimate of drug-likeness (QED) is 0.728. The third kappa shape index (κ3) is 4.01. The van der Waals surface area contributed by atoms with Crippen molar-refractivity contribution in [3.05, 3.63) is 58.4 Å². The summed E-state index contributed by atoms with van der Waals surface area (Å²) in [6, 6.07) is 13.3. The predicted molar refractivity (Wildman–Crippen MR) is 110 cm³/mol. The Morgan fingerprint density at radius 2 is 1.75 bits per heavy atom. The topological polar surface area (TPSA) is 61.9 Å². The second-order valence-electron chi connectivity index (χ2n) is 6.79. The Balaban J connectivity index is 1.50. The highest BCUT2D eigenvalue weighted by Gasteiger charge is 2.39. The average Bonchev–Trinajstić information content (AvgIpc) is 3.32. The highest BCUT2D eigenvalue weighted by molar-refractivity contribution is 7.11. The lowest BCUT2D eigenvalue weighted by molar-refractivity contribution is -0.136. The van der Waals surface area contributed by atoms with Crippen molar-refractivity contribution in [1.29, 1.82) is 0 Å². The van der Waals surface area contributed by atoms with Crippen LogP contribution in [0.25, 0.3) is 5.57 Å². The summed E-state index contributed by atoms with van der Waals surface area (Å²) in [6.07, 6.45) is 0.758. The van der Waals surface area contributed by atoms with E-state index in [4.69, 9.17) is 4.74 Å². The number of hydrogen-bond acceptors (Lipinski definition) is 6. The summed E-state index contributed by atoms with van der Waals surface area (Å²) < 4.78 is 5.37. The van der Waals surface area contributed by atoms with Gasteiger partial charge in [0.2, 0.25) is 0 Å². The minimum Gasteiger partial charge on any atom is -0.379 e. The number of carbonyl (C=O) groups excluding carboxylic acids is 2. The van der Waals surface area contributed by atoms with Gasteiger partial charge in [-0.15, -0.1) is 11.3 Å². The largest absolute Gasteiger partial charge is 0.379 e. The normalized spacial score (nSPS) is 18.2. The van der Waals surface area contributed by atoms with Crippen LogP contribution in [0.3, 0.4) is 0 Å². The first-order valence-electron chi connectivity index (χ1n) is 9.50. The van der Waals surface area contributed by atoms with Gasteiger partial charge in [0.1, 0.15) is 5.70 Å². The molecule has 1 N–H and O–H groups in total. The van der Waals surface area contributed by atoms with Crippen molar-refractivity contribution in [3.8, 4) is 0 Å². The summed E-state index contributed by atoms with van der Waals surface area (Å²) in [5, 5.41) is 5.09. The zero-order valence-corrected chi connectivity index (χ0v) is 16.4. The van der Waals surface area contributed by atoms with Crippen LogP contribution in [-0.4, -0.2) is 61.0 Å². The molecule has 2 aliphatic heterocycles. The van der Waals surface area contributed by atoms with E-state index in [2.05, 4.69) is 10.2 Å². The number of hydrogen-bond donors (Lipinski definition) is 1. The van der Waals surface area contributed by atoms with Crippen LogP contribution in [0.2, 0.25) is 0 Å². The molecule has 0 spiro atoms. The number of para-hydroxylation sites is 1. The van der Waals surface area contributed by atoms with E-state index in [1.165, 1.54) is 16.2 Å². The van der Waals surface area contributed by atoms with Gasteiger partial charge in [-0.1, -0.05) is 24.3 Å². The summed E-state index contributed by atoms with van der Waals surface area (Å²) in [5.41, 5.74) is 1.63. The van der Waals surface area contributed by atoms with E-state index in [-0.39, 0.29) is 11.8 Å². The Hall–Kier alpha value is -2.48. The molecule has 2 amide bonds. The molecule has 6 nitrogen and oxygen atoms in total. The standard InChI is InChI=1S/C21H23N3O3S/c25-20-18(17-8-4-15-28-17)19(22-16-6-2-1-3-7-16)21(26)24(20)10-5-9-23-11-13-27-14-12-23/h1-4,6-8,15,22H,5,9-14H2. The third-order valence-electron chi connectivity index (χ3n) is 4.94. The summed E-state index contributed by atoms with van der Waals surface area (Å²) in [4.78, 5) is 30.6. The monoisotopic (exact) mass is 397 g/mol. The number of morpholine rings is 1. The van der Waals surface area contributed by atoms with Gasteiger partial charge in [-0.3, -0.25) is 19.4 Å². The van der Waals surface area contributed by atoms with E-state index in [1.807, 2.05) is 47.8 Å². The lowest BCUT2D eigenvalue weighted by atomic mass is 10.2. The molecular formula is C21H23N3O3S. The molecule has 2 aliphatic rings. The SMILES string of the molecule is O=C1C(Nc2ccccc2)=C(c2cccs2)C(=O)N1CCCN1CCOCC1. The van der Waals surface area contributed by atoms with E-state index in [0.717, 1.165) is 49.8 Å². The molecule has 3 heterocycles. The van der Waals surface area contributed by atoms with Gasteiger partial charge in [0.15, 0.2) is 0 Å². The maximum atomic E-state index is 13.1. The smallest absolute Gasteiger partial charge is 0.278 e. The molecule has 1 saturated heterocycles. The van der Waals surface area contributed by atoms with Crippen molar-refractivity contribution < 1.29 is 14.3 Å². The number of anilines is 1. The summed E-state index contributed by atoms with van der Waals surface area (Å²) in [5.74, 6) is -0.466. The molecule has 2 aromatic rings. The molecule has 1 fully saturated rings. The van der Waals surface area contributed by atoms with Gasteiger partial charge in [0, 0.05) is 36.7 Å². The molecule has 0 aliphatic carbocycles. The highest BCUT2D eigenvalue weighted by atomic mass is 32.1. The second kappa shape index (κ2) is 8.68. The minimum absolute atomic E-state index is 0.215. The predicted octanol–water partition coefficient (Wildman–Crippen LogP) is 2.66. The highest BCUT2D eigenvalue weighted by Crippen LogP contribution is 2.32. The van der Waals surface area contributed by atoms with Crippen molar-refractivity contribution in [2.75, 3.05) is 44.7 Å². The second-order valence-corrected chi connectivity index (χ2v) is 7.74. The first kappa shape index (κ1) is 18.9. The van der Waals surface area contributed by atoms with Crippen LogP contribution in [0.5, 0.6) is 0 Å². The number of thiophene rings is 1. The number of carbonyl (C=O) groups is 2. The van der Waals surface area contributed by atoms with Crippen LogP contribution in [0.1, 0.15) is 11.3 Å². The Morgan fingerprint density at radius 1 is 0.964 bits per heavy atom. The van der Waals surface area contributed by atoms with Gasteiger partial charge in [-0.2, -0.15) is 0 Å². The molecule has 1 aromatic heterocycles. The van der Waals surface area contributed by atoms with Crippen LogP contribution in [-0.2, 0) is 14.3 Å². The molecule has 0 unspecified atom stereocenters. The number of benzene rings is 1. The first-order chi connectivity index (χ1) is 13.7. The molecule has 0 bridgehead atoms. The van der Waals surface area contributed by atoms with Gasteiger partial charge in [-0.25, -0.2) is 0 Å². The van der Waals surface area contributed by atoms with Crippen LogP contribution in [0.4, 0.5) is 5.69 Å². The fourth-order valence-electron chi connectivity index (χ4n) is 3.49. The molecule has 0 radical (unpaired) electrons. The Labute approximate surface area is 168 Å².